The summed E-state index contributed by atoms with van der Waals surface area (Å²) in [7, 11) is 0. The van der Waals surface area contributed by atoms with Crippen molar-refractivity contribution in [1.29, 1.82) is 0 Å². The second kappa shape index (κ2) is 9.94. The molecule has 0 bridgehead atoms. The summed E-state index contributed by atoms with van der Waals surface area (Å²) >= 11 is 5.72. The van der Waals surface area contributed by atoms with E-state index in [0.29, 0.717) is 0 Å². The predicted molar refractivity (Wildman–Crippen MR) is 134 cm³/mol. The molecule has 0 heterocycles. The molecule has 30 heavy (non-hydrogen) atoms. The lowest BCUT2D eigenvalue weighted by Gasteiger charge is -2.10. The van der Waals surface area contributed by atoms with Crippen molar-refractivity contribution in [3.05, 3.63) is 46.5 Å². The van der Waals surface area contributed by atoms with E-state index in [2.05, 4.69) is 52.0 Å². The molecule has 0 aromatic heterocycles. The lowest BCUT2D eigenvalue weighted by molar-refractivity contribution is 0.554. The van der Waals surface area contributed by atoms with Gasteiger partial charge in [0.05, 0.1) is 48.2 Å². The molecule has 8 heteroatoms. The Bertz CT molecular complexity index is 861. The van der Waals surface area contributed by atoms with Crippen LogP contribution in [-0.4, -0.2) is 23.0 Å². The first-order chi connectivity index (χ1) is 14.8. The highest BCUT2D eigenvalue weighted by Gasteiger charge is 2.36. The van der Waals surface area contributed by atoms with E-state index in [1.807, 2.05) is 0 Å². The van der Waals surface area contributed by atoms with Gasteiger partial charge >= 0.3 is 0 Å². The van der Waals surface area contributed by atoms with Gasteiger partial charge in [-0.25, -0.2) is 0 Å². The zero-order valence-electron chi connectivity index (χ0n) is 17.4. The Morgan fingerprint density at radius 1 is 0.467 bits per heavy atom. The van der Waals surface area contributed by atoms with Crippen LogP contribution < -0.4 is 0 Å². The Kier molecular flexibility index (Phi) is 7.28. The van der Waals surface area contributed by atoms with Crippen molar-refractivity contribution in [2.75, 3.05) is 23.0 Å². The Labute approximate surface area is 195 Å². The molecule has 0 saturated heterocycles. The average Bonchev–Trinajstić information content (AvgIpc) is 3.24. The SMILES string of the molecule is CCSOC1=C(OSCC)c2ccc3c4c(ccc1c24)C(OSCC)=C3OSCC. The lowest BCUT2D eigenvalue weighted by atomic mass is 9.98. The van der Waals surface area contributed by atoms with E-state index in [4.69, 9.17) is 16.7 Å². The molecule has 160 valence electrons. The van der Waals surface area contributed by atoms with Gasteiger partial charge in [0.2, 0.25) is 0 Å². The van der Waals surface area contributed by atoms with E-state index >= 15 is 0 Å². The van der Waals surface area contributed by atoms with Crippen LogP contribution in [-0.2, 0) is 16.7 Å². The van der Waals surface area contributed by atoms with Crippen molar-refractivity contribution in [1.82, 2.24) is 0 Å². The summed E-state index contributed by atoms with van der Waals surface area (Å²) < 4.78 is 24.4. The third-order valence-electron chi connectivity index (χ3n) is 4.59. The van der Waals surface area contributed by atoms with Crippen molar-refractivity contribution in [3.8, 4) is 0 Å². The highest BCUT2D eigenvalue weighted by Crippen LogP contribution is 2.53. The molecule has 4 rings (SSSR count). The van der Waals surface area contributed by atoms with Crippen molar-refractivity contribution in [2.24, 2.45) is 0 Å². The van der Waals surface area contributed by atoms with Gasteiger partial charge in [0, 0.05) is 56.0 Å². The van der Waals surface area contributed by atoms with E-state index in [-0.39, 0.29) is 0 Å². The molecule has 2 aromatic rings. The smallest absolute Gasteiger partial charge is 0.189 e. The van der Waals surface area contributed by atoms with Crippen LogP contribution in [0.4, 0.5) is 0 Å². The minimum atomic E-state index is 0.796. The number of benzene rings is 2. The molecule has 0 amide bonds. The molecular weight excluding hydrogens is 457 g/mol. The van der Waals surface area contributed by atoms with Gasteiger partial charge in [0.15, 0.2) is 23.0 Å². The molecule has 4 nitrogen and oxygen atoms in total. The molecule has 0 spiro atoms. The number of hydrogen-bond acceptors (Lipinski definition) is 8. The Hall–Kier alpha value is -1.22. The first kappa shape index (κ1) is 22.0. The monoisotopic (exact) mass is 480 g/mol. The first-order valence-corrected chi connectivity index (χ1v) is 13.7. The summed E-state index contributed by atoms with van der Waals surface area (Å²) in [6.07, 6.45) is 0. The van der Waals surface area contributed by atoms with Crippen LogP contribution in [0, 0.1) is 0 Å². The molecule has 0 unspecified atom stereocenters. The van der Waals surface area contributed by atoms with Crippen LogP contribution in [0.3, 0.4) is 0 Å². The van der Waals surface area contributed by atoms with Gasteiger partial charge < -0.3 is 16.7 Å². The van der Waals surface area contributed by atoms with Gasteiger partial charge in [-0.2, -0.15) is 0 Å². The maximum absolute atomic E-state index is 6.09. The Balaban J connectivity index is 1.86. The second-order valence-corrected chi connectivity index (χ2v) is 10.3. The standard InChI is InChI=1S/C22H24O4S4/c1-5-27-23-19-13-9-10-15-18-16(22(26-30-8-4)21(15)25-29-7-3)12-11-14(17(13)18)20(19)24-28-6-2/h9-12H,5-8H2,1-4H3. The summed E-state index contributed by atoms with van der Waals surface area (Å²) in [5.74, 6) is 6.63. The highest BCUT2D eigenvalue weighted by atomic mass is 32.2. The molecule has 2 aliphatic rings. The number of rotatable bonds is 12. The van der Waals surface area contributed by atoms with Gasteiger partial charge in [-0.1, -0.05) is 27.7 Å². The third kappa shape index (κ3) is 3.76. The van der Waals surface area contributed by atoms with Crippen LogP contribution in [0.15, 0.2) is 24.3 Å². The van der Waals surface area contributed by atoms with Crippen molar-refractivity contribution >= 4 is 82.0 Å². The lowest BCUT2D eigenvalue weighted by Crippen LogP contribution is -1.90. The summed E-state index contributed by atoms with van der Waals surface area (Å²) in [6.45, 7) is 8.31. The fourth-order valence-corrected chi connectivity index (χ4v) is 5.15. The van der Waals surface area contributed by atoms with Gasteiger partial charge in [-0.3, -0.25) is 0 Å². The van der Waals surface area contributed by atoms with E-state index in [9.17, 15) is 0 Å². The molecule has 0 aliphatic heterocycles. The topological polar surface area (TPSA) is 36.9 Å². The maximum Gasteiger partial charge on any atom is 0.189 e. The van der Waals surface area contributed by atoms with E-state index < -0.39 is 0 Å². The molecule has 0 atom stereocenters. The van der Waals surface area contributed by atoms with E-state index in [1.54, 1.807) is 0 Å². The molecule has 2 aliphatic carbocycles. The van der Waals surface area contributed by atoms with Gasteiger partial charge in [0.25, 0.3) is 0 Å². The van der Waals surface area contributed by atoms with Crippen LogP contribution in [0.5, 0.6) is 0 Å². The van der Waals surface area contributed by atoms with Crippen molar-refractivity contribution in [2.45, 2.75) is 27.7 Å². The second-order valence-electron chi connectivity index (χ2n) is 6.35. The zero-order valence-corrected chi connectivity index (χ0v) is 20.7. The van der Waals surface area contributed by atoms with Gasteiger partial charge in [-0.15, -0.1) is 0 Å². The van der Waals surface area contributed by atoms with Gasteiger partial charge in [0.1, 0.15) is 0 Å². The van der Waals surface area contributed by atoms with Crippen LogP contribution >= 0.6 is 48.2 Å². The minimum absolute atomic E-state index is 0.796. The largest absolute Gasteiger partial charge is 0.421 e. The quantitative estimate of drug-likeness (QED) is 0.284. The fourth-order valence-electron chi connectivity index (χ4n) is 3.54. The molecule has 0 saturated carbocycles. The number of hydrogen-bond donors (Lipinski definition) is 0. The van der Waals surface area contributed by atoms with Crippen LogP contribution in [0.25, 0.3) is 33.8 Å². The summed E-state index contributed by atoms with van der Waals surface area (Å²) in [4.78, 5) is 0. The summed E-state index contributed by atoms with van der Waals surface area (Å²) in [6, 6.07) is 8.44. The highest BCUT2D eigenvalue weighted by molar-refractivity contribution is 7.95. The minimum Gasteiger partial charge on any atom is -0.421 e. The van der Waals surface area contributed by atoms with Crippen molar-refractivity contribution < 1.29 is 16.7 Å². The molecule has 0 N–H and O–H groups in total. The average molecular weight is 481 g/mol. The van der Waals surface area contributed by atoms with Crippen LogP contribution in [0.1, 0.15) is 49.9 Å². The third-order valence-corrected chi connectivity index (χ3v) is 6.67. The molecular formula is C22H24O4S4. The first-order valence-electron chi connectivity index (χ1n) is 10.0. The summed E-state index contributed by atoms with van der Waals surface area (Å²) in [5.41, 5.74) is 4.24. The zero-order chi connectivity index (χ0) is 21.1. The normalized spacial score (nSPS) is 14.1. The Morgan fingerprint density at radius 3 is 0.900 bits per heavy atom. The maximum atomic E-state index is 6.09. The molecule has 2 aromatic carbocycles. The summed E-state index contributed by atoms with van der Waals surface area (Å²) in [5, 5.41) is 2.29. The molecule has 0 fully saturated rings. The van der Waals surface area contributed by atoms with E-state index in [0.717, 1.165) is 79.1 Å². The van der Waals surface area contributed by atoms with Gasteiger partial charge in [-0.05, 0) is 24.3 Å². The fraction of sp³-hybridized carbons (Fsp3) is 0.364. The molecule has 0 radical (unpaired) electrons. The predicted octanol–water partition coefficient (Wildman–Crippen LogP) is 7.86. The van der Waals surface area contributed by atoms with E-state index in [1.165, 1.54) is 48.2 Å². The van der Waals surface area contributed by atoms with Crippen molar-refractivity contribution in [3.63, 3.8) is 0 Å². The van der Waals surface area contributed by atoms with Crippen LogP contribution in [0.2, 0.25) is 0 Å². The Morgan fingerprint density at radius 2 is 0.700 bits per heavy atom.